The second kappa shape index (κ2) is 10.8. The highest BCUT2D eigenvalue weighted by molar-refractivity contribution is 14.0. The number of halogens is 1. The molecule has 7 heteroatoms. The van der Waals surface area contributed by atoms with E-state index >= 15 is 0 Å². The number of piperidine rings is 1. The molecular weight excluding hydrogens is 443 g/mol. The minimum atomic E-state index is 0. The quantitative estimate of drug-likeness (QED) is 0.378. The van der Waals surface area contributed by atoms with Crippen LogP contribution in [0.15, 0.2) is 23.2 Å². The van der Waals surface area contributed by atoms with Gasteiger partial charge in [-0.3, -0.25) is 4.99 Å². The van der Waals surface area contributed by atoms with Crippen LogP contribution in [0, 0.1) is 5.92 Å². The van der Waals surface area contributed by atoms with E-state index in [0.717, 1.165) is 35.5 Å². The van der Waals surface area contributed by atoms with Crippen LogP contribution in [0.1, 0.15) is 31.7 Å². The maximum Gasteiger partial charge on any atom is 0.231 e. The van der Waals surface area contributed by atoms with E-state index in [-0.39, 0.29) is 24.0 Å². The zero-order valence-electron chi connectivity index (χ0n) is 15.8. The normalized spacial score (nSPS) is 17.7. The minimum absolute atomic E-state index is 0. The smallest absolute Gasteiger partial charge is 0.231 e. The van der Waals surface area contributed by atoms with Crippen LogP contribution in [-0.4, -0.2) is 50.9 Å². The monoisotopic (exact) mass is 474 g/mol. The summed E-state index contributed by atoms with van der Waals surface area (Å²) >= 11 is 0. The number of likely N-dealkylation sites (tertiary alicyclic amines) is 1. The lowest BCUT2D eigenvalue weighted by atomic mass is 9.97. The first-order valence-corrected chi connectivity index (χ1v) is 9.34. The molecule has 6 nitrogen and oxygen atoms in total. The van der Waals surface area contributed by atoms with Crippen molar-refractivity contribution >= 4 is 29.9 Å². The molecule has 1 aromatic rings. The van der Waals surface area contributed by atoms with Gasteiger partial charge in [-0.1, -0.05) is 13.0 Å². The molecule has 0 bridgehead atoms. The first kappa shape index (κ1) is 21.1. The molecule has 2 aliphatic heterocycles. The summed E-state index contributed by atoms with van der Waals surface area (Å²) in [7, 11) is 1.82. The Labute approximate surface area is 173 Å². The Kier molecular flexibility index (Phi) is 8.77. The molecule has 0 atom stereocenters. The largest absolute Gasteiger partial charge is 0.454 e. The zero-order chi connectivity index (χ0) is 17.5. The maximum absolute atomic E-state index is 5.43. The molecule has 0 radical (unpaired) electrons. The zero-order valence-corrected chi connectivity index (χ0v) is 18.1. The van der Waals surface area contributed by atoms with Gasteiger partial charge in [0, 0.05) is 20.1 Å². The summed E-state index contributed by atoms with van der Waals surface area (Å²) in [5.41, 5.74) is 1.15. The lowest BCUT2D eigenvalue weighted by Gasteiger charge is -2.32. The first-order valence-electron chi connectivity index (χ1n) is 9.34. The standard InChI is InChI=1S/C19H30N4O2.HI/c1-3-8-23-9-6-15(7-10-23)12-21-19(20-2)22-13-16-4-5-17-18(11-16)25-14-24-17;/h4-5,11,15H,3,6-10,12-14H2,1-2H3,(H2,20,21,22);1H. The fraction of sp³-hybridized carbons (Fsp3) is 0.632. The molecule has 1 aromatic carbocycles. The van der Waals surface area contributed by atoms with Crippen LogP contribution in [-0.2, 0) is 6.54 Å². The number of nitrogens with one attached hydrogen (secondary N) is 2. The van der Waals surface area contributed by atoms with E-state index < -0.39 is 0 Å². The average molecular weight is 474 g/mol. The summed E-state index contributed by atoms with van der Waals surface area (Å²) in [6, 6.07) is 6.03. The van der Waals surface area contributed by atoms with Crippen LogP contribution < -0.4 is 20.1 Å². The molecule has 0 saturated carbocycles. The van der Waals surface area contributed by atoms with Crippen molar-refractivity contribution < 1.29 is 9.47 Å². The van der Waals surface area contributed by atoms with E-state index in [1.54, 1.807) is 0 Å². The van der Waals surface area contributed by atoms with E-state index in [1.165, 1.54) is 38.9 Å². The van der Waals surface area contributed by atoms with Gasteiger partial charge in [0.25, 0.3) is 0 Å². The predicted molar refractivity (Wildman–Crippen MR) is 116 cm³/mol. The van der Waals surface area contributed by atoms with Crippen molar-refractivity contribution in [3.63, 3.8) is 0 Å². The van der Waals surface area contributed by atoms with Crippen LogP contribution >= 0.6 is 24.0 Å². The Balaban J connectivity index is 0.00000243. The molecule has 2 N–H and O–H groups in total. The van der Waals surface area contributed by atoms with E-state index in [0.29, 0.717) is 13.3 Å². The van der Waals surface area contributed by atoms with Crippen LogP contribution in [0.4, 0.5) is 0 Å². The first-order chi connectivity index (χ1) is 12.3. The summed E-state index contributed by atoms with van der Waals surface area (Å²) in [5.74, 6) is 3.23. The average Bonchev–Trinajstić information content (AvgIpc) is 3.11. The van der Waals surface area contributed by atoms with Gasteiger partial charge in [0.15, 0.2) is 17.5 Å². The number of aliphatic imine (C=N–C) groups is 1. The van der Waals surface area contributed by atoms with Gasteiger partial charge >= 0.3 is 0 Å². The van der Waals surface area contributed by atoms with Gasteiger partial charge in [-0.05, 0) is 62.5 Å². The van der Waals surface area contributed by atoms with Gasteiger partial charge < -0.3 is 25.0 Å². The molecule has 26 heavy (non-hydrogen) atoms. The van der Waals surface area contributed by atoms with Crippen molar-refractivity contribution in [3.05, 3.63) is 23.8 Å². The van der Waals surface area contributed by atoms with Gasteiger partial charge in [-0.15, -0.1) is 24.0 Å². The van der Waals surface area contributed by atoms with Gasteiger partial charge in [0.05, 0.1) is 0 Å². The summed E-state index contributed by atoms with van der Waals surface area (Å²) in [5, 5.41) is 6.85. The molecule has 3 rings (SSSR count). The number of fused-ring (bicyclic) bond motifs is 1. The van der Waals surface area contributed by atoms with Crippen molar-refractivity contribution in [1.82, 2.24) is 15.5 Å². The molecule has 146 valence electrons. The molecule has 2 heterocycles. The summed E-state index contributed by atoms with van der Waals surface area (Å²) in [6.07, 6.45) is 3.79. The fourth-order valence-corrected chi connectivity index (χ4v) is 3.43. The number of benzene rings is 1. The lowest BCUT2D eigenvalue weighted by Crippen LogP contribution is -2.42. The van der Waals surface area contributed by atoms with Crippen LogP contribution in [0.2, 0.25) is 0 Å². The summed E-state index contributed by atoms with van der Waals surface area (Å²) < 4.78 is 10.8. The van der Waals surface area contributed by atoms with Crippen molar-refractivity contribution in [3.8, 4) is 11.5 Å². The fourth-order valence-electron chi connectivity index (χ4n) is 3.43. The summed E-state index contributed by atoms with van der Waals surface area (Å²) in [4.78, 5) is 6.91. The molecule has 1 fully saturated rings. The highest BCUT2D eigenvalue weighted by Gasteiger charge is 2.18. The van der Waals surface area contributed by atoms with E-state index in [1.807, 2.05) is 19.2 Å². The molecule has 0 spiro atoms. The van der Waals surface area contributed by atoms with E-state index in [4.69, 9.17) is 9.47 Å². The van der Waals surface area contributed by atoms with Crippen molar-refractivity contribution in [1.29, 1.82) is 0 Å². The van der Waals surface area contributed by atoms with Crippen LogP contribution in [0.3, 0.4) is 0 Å². The molecule has 1 saturated heterocycles. The Morgan fingerprint density at radius 1 is 1.19 bits per heavy atom. The highest BCUT2D eigenvalue weighted by atomic mass is 127. The molecule has 0 aliphatic carbocycles. The number of nitrogens with zero attached hydrogens (tertiary/aromatic N) is 2. The Morgan fingerprint density at radius 3 is 2.69 bits per heavy atom. The third-order valence-corrected chi connectivity index (χ3v) is 4.93. The van der Waals surface area contributed by atoms with Crippen LogP contribution in [0.25, 0.3) is 0 Å². The number of ether oxygens (including phenoxy) is 2. The molecule has 2 aliphatic rings. The number of rotatable bonds is 6. The topological polar surface area (TPSA) is 58.1 Å². The van der Waals surface area contributed by atoms with E-state index in [9.17, 15) is 0 Å². The van der Waals surface area contributed by atoms with Crippen molar-refractivity contribution in [2.75, 3.05) is 40.0 Å². The maximum atomic E-state index is 5.43. The highest BCUT2D eigenvalue weighted by Crippen LogP contribution is 2.32. The van der Waals surface area contributed by atoms with Gasteiger partial charge in [0.1, 0.15) is 0 Å². The lowest BCUT2D eigenvalue weighted by molar-refractivity contribution is 0.174. The van der Waals surface area contributed by atoms with Gasteiger partial charge in [-0.25, -0.2) is 0 Å². The van der Waals surface area contributed by atoms with Gasteiger partial charge in [0.2, 0.25) is 6.79 Å². The SMILES string of the molecule is CCCN1CCC(CNC(=NC)NCc2ccc3c(c2)OCO3)CC1.I. The second-order valence-corrected chi connectivity index (χ2v) is 6.78. The third kappa shape index (κ3) is 5.90. The van der Waals surface area contributed by atoms with Crippen LogP contribution in [0.5, 0.6) is 11.5 Å². The molecular formula is C19H31IN4O2. The molecule has 0 aromatic heterocycles. The van der Waals surface area contributed by atoms with Gasteiger partial charge in [-0.2, -0.15) is 0 Å². The predicted octanol–water partition coefficient (Wildman–Crippen LogP) is 2.82. The number of guanidine groups is 1. The third-order valence-electron chi connectivity index (χ3n) is 4.93. The van der Waals surface area contributed by atoms with E-state index in [2.05, 4.69) is 33.5 Å². The summed E-state index contributed by atoms with van der Waals surface area (Å²) in [6.45, 7) is 7.95. The minimum Gasteiger partial charge on any atom is -0.454 e. The second-order valence-electron chi connectivity index (χ2n) is 6.78. The van der Waals surface area contributed by atoms with Crippen molar-refractivity contribution in [2.45, 2.75) is 32.7 Å². The number of hydrogen-bond donors (Lipinski definition) is 2. The Morgan fingerprint density at radius 2 is 1.96 bits per heavy atom. The van der Waals surface area contributed by atoms with Crippen molar-refractivity contribution in [2.24, 2.45) is 10.9 Å². The molecule has 0 unspecified atom stereocenters. The Bertz CT molecular complexity index is 589. The Hall–Kier alpha value is -1.22. The number of hydrogen-bond acceptors (Lipinski definition) is 4. The molecule has 0 amide bonds.